The molecule has 0 fully saturated rings. The van der Waals surface area contributed by atoms with E-state index in [-0.39, 0.29) is 5.91 Å². The van der Waals surface area contributed by atoms with Crippen LogP contribution in [0.4, 0.5) is 0 Å². The molecule has 0 atom stereocenters. The molecule has 0 spiro atoms. The Labute approximate surface area is 105 Å². The van der Waals surface area contributed by atoms with Crippen molar-refractivity contribution < 1.29 is 4.79 Å². The van der Waals surface area contributed by atoms with E-state index in [4.69, 9.17) is 17.3 Å². The summed E-state index contributed by atoms with van der Waals surface area (Å²) in [5.41, 5.74) is 5.54. The minimum Gasteiger partial charge on any atom is -0.369 e. The molecule has 0 aliphatic carbocycles. The third-order valence-corrected chi connectivity index (χ3v) is 3.46. The summed E-state index contributed by atoms with van der Waals surface area (Å²) in [5.74, 6) is -0.358. The Morgan fingerprint density at radius 2 is 1.88 bits per heavy atom. The average Bonchev–Trinajstić information content (AvgIpc) is 2.28. The number of nitrogens with two attached hydrogens (primary N) is 1. The van der Waals surface area contributed by atoms with E-state index >= 15 is 0 Å². The summed E-state index contributed by atoms with van der Waals surface area (Å²) in [7, 11) is 0. The van der Waals surface area contributed by atoms with E-state index in [2.05, 4.69) is 0 Å². The van der Waals surface area contributed by atoms with Crippen molar-refractivity contribution in [1.29, 1.82) is 0 Å². The summed E-state index contributed by atoms with van der Waals surface area (Å²) in [4.78, 5) is 11.4. The van der Waals surface area contributed by atoms with E-state index < -0.39 is 5.41 Å². The fourth-order valence-electron chi connectivity index (χ4n) is 1.77. The van der Waals surface area contributed by atoms with Gasteiger partial charge in [-0.05, 0) is 36.9 Å². The number of amides is 1. The lowest BCUT2D eigenvalue weighted by Gasteiger charge is -2.22. The van der Waals surface area contributed by atoms with Gasteiger partial charge in [0.05, 0.1) is 5.41 Å². The Hall–Kier alpha value is -1.54. The maximum absolute atomic E-state index is 11.4. The maximum Gasteiger partial charge on any atom is 0.227 e. The van der Waals surface area contributed by atoms with Crippen molar-refractivity contribution in [1.82, 2.24) is 0 Å². The van der Waals surface area contributed by atoms with Gasteiger partial charge in [-0.2, -0.15) is 0 Å². The second kappa shape index (κ2) is 4.04. The van der Waals surface area contributed by atoms with Crippen molar-refractivity contribution in [2.45, 2.75) is 19.3 Å². The van der Waals surface area contributed by atoms with Crippen LogP contribution >= 0.6 is 11.6 Å². The molecule has 0 aromatic heterocycles. The summed E-state index contributed by atoms with van der Waals surface area (Å²) in [5, 5.41) is 2.65. The van der Waals surface area contributed by atoms with Crippen molar-refractivity contribution in [2.75, 3.05) is 0 Å². The standard InChI is InChI=1S/C14H14ClNO/c1-14(2,13(16)17)10-7-9-5-3-4-6-11(9)12(15)8-10/h3-8H,1-2H3,(H2,16,17). The first-order chi connectivity index (χ1) is 7.93. The van der Waals surface area contributed by atoms with Gasteiger partial charge < -0.3 is 5.73 Å². The molecule has 0 saturated heterocycles. The smallest absolute Gasteiger partial charge is 0.227 e. The van der Waals surface area contributed by atoms with Crippen LogP contribution in [0.15, 0.2) is 36.4 Å². The predicted molar refractivity (Wildman–Crippen MR) is 71.2 cm³/mol. The molecule has 0 bridgehead atoms. The van der Waals surface area contributed by atoms with Crippen molar-refractivity contribution in [3.8, 4) is 0 Å². The first kappa shape index (κ1) is 11.9. The average molecular weight is 248 g/mol. The first-order valence-electron chi connectivity index (χ1n) is 5.41. The normalized spacial score (nSPS) is 11.7. The van der Waals surface area contributed by atoms with Crippen LogP contribution in [0.2, 0.25) is 5.02 Å². The molecular weight excluding hydrogens is 234 g/mol. The monoisotopic (exact) mass is 247 g/mol. The predicted octanol–water partition coefficient (Wildman–Crippen LogP) is 3.26. The third-order valence-electron chi connectivity index (χ3n) is 3.15. The van der Waals surface area contributed by atoms with Crippen LogP contribution < -0.4 is 5.73 Å². The van der Waals surface area contributed by atoms with Crippen LogP contribution in [-0.2, 0) is 10.2 Å². The molecule has 0 heterocycles. The second-order valence-electron chi connectivity index (χ2n) is 4.67. The number of hydrogen-bond acceptors (Lipinski definition) is 1. The highest BCUT2D eigenvalue weighted by Crippen LogP contribution is 2.31. The minimum atomic E-state index is -0.715. The zero-order valence-electron chi connectivity index (χ0n) is 9.83. The van der Waals surface area contributed by atoms with Crippen molar-refractivity contribution in [3.63, 3.8) is 0 Å². The largest absolute Gasteiger partial charge is 0.369 e. The number of carbonyl (C=O) groups excluding carboxylic acids is 1. The fourth-order valence-corrected chi connectivity index (χ4v) is 2.06. The molecule has 2 N–H and O–H groups in total. The lowest BCUT2D eigenvalue weighted by molar-refractivity contribution is -0.122. The van der Waals surface area contributed by atoms with Crippen LogP contribution in [0.1, 0.15) is 19.4 Å². The zero-order chi connectivity index (χ0) is 12.6. The molecule has 2 nitrogen and oxygen atoms in total. The fraction of sp³-hybridized carbons (Fsp3) is 0.214. The van der Waals surface area contributed by atoms with Gasteiger partial charge in [-0.3, -0.25) is 4.79 Å². The highest BCUT2D eigenvalue weighted by Gasteiger charge is 2.27. The lowest BCUT2D eigenvalue weighted by Crippen LogP contribution is -2.35. The molecule has 0 radical (unpaired) electrons. The minimum absolute atomic E-state index is 0.358. The van der Waals surface area contributed by atoms with Crippen LogP contribution in [0.3, 0.4) is 0 Å². The summed E-state index contributed by atoms with van der Waals surface area (Å²) in [6, 6.07) is 11.6. The number of rotatable bonds is 2. The van der Waals surface area contributed by atoms with Gasteiger partial charge in [0.2, 0.25) is 5.91 Å². The molecule has 3 heteroatoms. The van der Waals surface area contributed by atoms with E-state index in [9.17, 15) is 4.79 Å². The Balaban J connectivity index is 2.69. The molecule has 0 saturated carbocycles. The summed E-state index contributed by atoms with van der Waals surface area (Å²) < 4.78 is 0. The molecular formula is C14H14ClNO. The first-order valence-corrected chi connectivity index (χ1v) is 5.79. The van der Waals surface area contributed by atoms with Gasteiger partial charge >= 0.3 is 0 Å². The molecule has 17 heavy (non-hydrogen) atoms. The Kier molecular flexibility index (Phi) is 2.84. The summed E-state index contributed by atoms with van der Waals surface area (Å²) >= 11 is 6.22. The van der Waals surface area contributed by atoms with Crippen molar-refractivity contribution in [2.24, 2.45) is 5.73 Å². The van der Waals surface area contributed by atoms with Crippen LogP contribution in [0.5, 0.6) is 0 Å². The van der Waals surface area contributed by atoms with Gasteiger partial charge in [-0.15, -0.1) is 0 Å². The quantitative estimate of drug-likeness (QED) is 0.870. The summed E-state index contributed by atoms with van der Waals surface area (Å²) in [6.07, 6.45) is 0. The summed E-state index contributed by atoms with van der Waals surface area (Å²) in [6.45, 7) is 3.60. The second-order valence-corrected chi connectivity index (χ2v) is 5.08. The number of carbonyl (C=O) groups is 1. The molecule has 2 aromatic carbocycles. The van der Waals surface area contributed by atoms with Gasteiger partial charge in [0.25, 0.3) is 0 Å². The topological polar surface area (TPSA) is 43.1 Å². The Morgan fingerprint density at radius 3 is 2.53 bits per heavy atom. The molecule has 0 aliphatic rings. The molecule has 0 aliphatic heterocycles. The van der Waals surface area contributed by atoms with E-state index in [0.717, 1.165) is 16.3 Å². The Morgan fingerprint density at radius 1 is 1.24 bits per heavy atom. The van der Waals surface area contributed by atoms with E-state index in [1.807, 2.05) is 36.4 Å². The lowest BCUT2D eigenvalue weighted by atomic mass is 9.83. The van der Waals surface area contributed by atoms with Crippen LogP contribution in [0.25, 0.3) is 10.8 Å². The zero-order valence-corrected chi connectivity index (χ0v) is 10.6. The van der Waals surface area contributed by atoms with Gasteiger partial charge in [-0.1, -0.05) is 35.9 Å². The molecule has 2 aromatic rings. The highest BCUT2D eigenvalue weighted by atomic mass is 35.5. The third kappa shape index (κ3) is 2.01. The highest BCUT2D eigenvalue weighted by molar-refractivity contribution is 6.35. The van der Waals surface area contributed by atoms with Crippen molar-refractivity contribution >= 4 is 28.3 Å². The molecule has 88 valence electrons. The van der Waals surface area contributed by atoms with E-state index in [0.29, 0.717) is 5.02 Å². The maximum atomic E-state index is 11.4. The number of hydrogen-bond donors (Lipinski definition) is 1. The SMILES string of the molecule is CC(C)(C(N)=O)c1cc(Cl)c2ccccc2c1. The number of benzene rings is 2. The molecule has 0 unspecified atom stereocenters. The number of primary amides is 1. The van der Waals surface area contributed by atoms with Crippen LogP contribution in [-0.4, -0.2) is 5.91 Å². The van der Waals surface area contributed by atoms with E-state index in [1.165, 1.54) is 0 Å². The number of fused-ring (bicyclic) bond motifs is 1. The van der Waals surface area contributed by atoms with Gasteiger partial charge in [0, 0.05) is 10.4 Å². The van der Waals surface area contributed by atoms with Gasteiger partial charge in [0.1, 0.15) is 0 Å². The Bertz CT molecular complexity index is 590. The van der Waals surface area contributed by atoms with Gasteiger partial charge in [0.15, 0.2) is 0 Å². The van der Waals surface area contributed by atoms with Gasteiger partial charge in [-0.25, -0.2) is 0 Å². The van der Waals surface area contributed by atoms with Crippen molar-refractivity contribution in [3.05, 3.63) is 47.0 Å². The van der Waals surface area contributed by atoms with E-state index in [1.54, 1.807) is 13.8 Å². The molecule has 1 amide bonds. The van der Waals surface area contributed by atoms with Crippen LogP contribution in [0, 0.1) is 0 Å². The number of halogens is 1. The molecule has 2 rings (SSSR count).